The Labute approximate surface area is 144 Å². The number of hydrogen-bond acceptors (Lipinski definition) is 3. The van der Waals surface area contributed by atoms with Crippen molar-refractivity contribution >= 4 is 44.8 Å². The highest BCUT2D eigenvalue weighted by molar-refractivity contribution is 7.92. The smallest absolute Gasteiger partial charge is 0.253 e. The number of benzene rings is 2. The van der Waals surface area contributed by atoms with Crippen molar-refractivity contribution in [1.82, 2.24) is 5.32 Å². The Kier molecular flexibility index (Phi) is 5.51. The van der Waals surface area contributed by atoms with Crippen LogP contribution in [-0.2, 0) is 16.6 Å². The molecular weight excluding hydrogens is 359 g/mol. The minimum absolute atomic E-state index is 0.189. The van der Waals surface area contributed by atoms with E-state index < -0.39 is 15.9 Å². The molecule has 0 aliphatic carbocycles. The zero-order chi connectivity index (χ0) is 17.0. The molecule has 8 heteroatoms. The Balaban J connectivity index is 2.12. The van der Waals surface area contributed by atoms with Crippen molar-refractivity contribution in [2.45, 2.75) is 6.54 Å². The lowest BCUT2D eigenvalue weighted by atomic mass is 10.1. The summed E-state index contributed by atoms with van der Waals surface area (Å²) in [6.45, 7) is 0.302. The fourth-order valence-corrected chi connectivity index (χ4v) is 2.74. The fraction of sp³-hybridized carbons (Fsp3) is 0.133. The Morgan fingerprint density at radius 1 is 1.09 bits per heavy atom. The molecule has 2 aromatic carbocycles. The van der Waals surface area contributed by atoms with Crippen LogP contribution in [0.15, 0.2) is 42.5 Å². The summed E-state index contributed by atoms with van der Waals surface area (Å²) in [6.07, 6.45) is 1.03. The van der Waals surface area contributed by atoms with Crippen molar-refractivity contribution in [3.05, 3.63) is 63.6 Å². The first-order valence-electron chi connectivity index (χ1n) is 6.54. The van der Waals surface area contributed by atoms with Crippen LogP contribution in [0.5, 0.6) is 0 Å². The molecule has 2 aromatic rings. The minimum atomic E-state index is -3.43. The first kappa shape index (κ1) is 17.6. The topological polar surface area (TPSA) is 75.3 Å². The number of amides is 1. The van der Waals surface area contributed by atoms with E-state index in [4.69, 9.17) is 23.2 Å². The number of hydrogen-bond donors (Lipinski definition) is 2. The summed E-state index contributed by atoms with van der Waals surface area (Å²) in [5, 5.41) is 3.57. The quantitative estimate of drug-likeness (QED) is 0.845. The summed E-state index contributed by atoms with van der Waals surface area (Å²) in [7, 11) is -3.43. The maximum Gasteiger partial charge on any atom is 0.253 e. The average molecular weight is 373 g/mol. The van der Waals surface area contributed by atoms with E-state index in [1.807, 2.05) is 0 Å². The van der Waals surface area contributed by atoms with Crippen LogP contribution in [0.1, 0.15) is 15.9 Å². The van der Waals surface area contributed by atoms with Gasteiger partial charge in [0.05, 0.1) is 16.8 Å². The third-order valence-corrected chi connectivity index (χ3v) is 4.07. The molecule has 0 spiro atoms. The van der Waals surface area contributed by atoms with Gasteiger partial charge in [-0.3, -0.25) is 9.52 Å². The summed E-state index contributed by atoms with van der Waals surface area (Å²) >= 11 is 11.8. The molecule has 0 saturated heterocycles. The molecule has 2 rings (SSSR count). The van der Waals surface area contributed by atoms with Crippen molar-refractivity contribution < 1.29 is 13.2 Å². The van der Waals surface area contributed by atoms with Gasteiger partial charge in [-0.25, -0.2) is 8.42 Å². The second-order valence-electron chi connectivity index (χ2n) is 4.88. The Morgan fingerprint density at radius 3 is 2.35 bits per heavy atom. The molecule has 0 heterocycles. The zero-order valence-corrected chi connectivity index (χ0v) is 14.5. The van der Waals surface area contributed by atoms with Gasteiger partial charge in [0.25, 0.3) is 5.91 Å². The molecule has 0 atom stereocenters. The van der Waals surface area contributed by atoms with Gasteiger partial charge < -0.3 is 5.32 Å². The lowest BCUT2D eigenvalue weighted by Gasteiger charge is -2.10. The molecule has 0 aromatic heterocycles. The van der Waals surface area contributed by atoms with Gasteiger partial charge in [-0.2, -0.15) is 0 Å². The van der Waals surface area contributed by atoms with E-state index in [0.29, 0.717) is 11.6 Å². The second kappa shape index (κ2) is 7.21. The lowest BCUT2D eigenvalue weighted by molar-refractivity contribution is 0.0951. The van der Waals surface area contributed by atoms with Gasteiger partial charge >= 0.3 is 0 Å². The lowest BCUT2D eigenvalue weighted by Crippen LogP contribution is -2.23. The van der Waals surface area contributed by atoms with Crippen LogP contribution in [0, 0.1) is 0 Å². The van der Waals surface area contributed by atoms with Gasteiger partial charge in [0, 0.05) is 17.3 Å². The number of carbonyl (C=O) groups excluding carboxylic acids is 1. The molecule has 0 aliphatic heterocycles. The summed E-state index contributed by atoms with van der Waals surface area (Å²) < 4.78 is 24.8. The van der Waals surface area contributed by atoms with Gasteiger partial charge in [0.1, 0.15) is 0 Å². The van der Waals surface area contributed by atoms with Crippen molar-refractivity contribution in [2.75, 3.05) is 11.0 Å². The fourth-order valence-electron chi connectivity index (χ4n) is 1.86. The molecule has 2 N–H and O–H groups in total. The van der Waals surface area contributed by atoms with Gasteiger partial charge in [0.2, 0.25) is 10.0 Å². The van der Waals surface area contributed by atoms with Crippen LogP contribution in [-0.4, -0.2) is 20.6 Å². The number of nitrogens with one attached hydrogen (secondary N) is 2. The molecule has 1 amide bonds. The third kappa shape index (κ3) is 5.42. The Hall–Kier alpha value is -1.76. The van der Waals surface area contributed by atoms with Gasteiger partial charge in [-0.05, 0) is 35.9 Å². The standard InChI is InChI=1S/C15H14Cl2N2O3S/c1-23(21,22)19-12-6-7-14(17)13(8-12)15(20)18-9-10-2-4-11(16)5-3-10/h2-8,19H,9H2,1H3,(H,18,20). The highest BCUT2D eigenvalue weighted by atomic mass is 35.5. The second-order valence-corrected chi connectivity index (χ2v) is 7.47. The van der Waals surface area contributed by atoms with Crippen molar-refractivity contribution in [3.8, 4) is 0 Å². The van der Waals surface area contributed by atoms with E-state index >= 15 is 0 Å². The number of rotatable bonds is 5. The maximum atomic E-state index is 12.2. The molecule has 0 fully saturated rings. The molecule has 0 bridgehead atoms. The first-order chi connectivity index (χ1) is 10.7. The van der Waals surface area contributed by atoms with Crippen LogP contribution < -0.4 is 10.0 Å². The van der Waals surface area contributed by atoms with Crippen LogP contribution in [0.3, 0.4) is 0 Å². The average Bonchev–Trinajstić information content (AvgIpc) is 2.47. The summed E-state index contributed by atoms with van der Waals surface area (Å²) in [4.78, 5) is 12.2. The first-order valence-corrected chi connectivity index (χ1v) is 9.19. The predicted molar refractivity (Wildman–Crippen MR) is 92.5 cm³/mol. The van der Waals surface area contributed by atoms with E-state index in [0.717, 1.165) is 11.8 Å². The van der Waals surface area contributed by atoms with Gasteiger partial charge in [-0.1, -0.05) is 35.3 Å². The highest BCUT2D eigenvalue weighted by Crippen LogP contribution is 2.21. The minimum Gasteiger partial charge on any atom is -0.348 e. The van der Waals surface area contributed by atoms with E-state index in [1.165, 1.54) is 18.2 Å². The molecule has 0 radical (unpaired) electrons. The number of sulfonamides is 1. The van der Waals surface area contributed by atoms with E-state index in [-0.39, 0.29) is 16.3 Å². The maximum absolute atomic E-state index is 12.2. The van der Waals surface area contributed by atoms with Crippen molar-refractivity contribution in [2.24, 2.45) is 0 Å². The Morgan fingerprint density at radius 2 is 1.74 bits per heavy atom. The van der Waals surface area contributed by atoms with Crippen LogP contribution in [0.25, 0.3) is 0 Å². The molecule has 0 saturated carbocycles. The third-order valence-electron chi connectivity index (χ3n) is 2.88. The molecular formula is C15H14Cl2N2O3S. The summed E-state index contributed by atoms with van der Waals surface area (Å²) in [6, 6.07) is 11.4. The molecule has 0 aliphatic rings. The van der Waals surface area contributed by atoms with E-state index in [2.05, 4.69) is 10.0 Å². The van der Waals surface area contributed by atoms with Crippen molar-refractivity contribution in [3.63, 3.8) is 0 Å². The molecule has 0 unspecified atom stereocenters. The summed E-state index contributed by atoms with van der Waals surface area (Å²) in [5.74, 6) is -0.401. The number of carbonyl (C=O) groups is 1. The Bertz CT molecular complexity index is 821. The van der Waals surface area contributed by atoms with Gasteiger partial charge in [0.15, 0.2) is 0 Å². The predicted octanol–water partition coefficient (Wildman–Crippen LogP) is 3.29. The van der Waals surface area contributed by atoms with Crippen LogP contribution >= 0.6 is 23.2 Å². The van der Waals surface area contributed by atoms with Crippen LogP contribution in [0.2, 0.25) is 10.0 Å². The normalized spacial score (nSPS) is 11.1. The zero-order valence-electron chi connectivity index (χ0n) is 12.1. The van der Waals surface area contributed by atoms with Crippen molar-refractivity contribution in [1.29, 1.82) is 0 Å². The summed E-state index contributed by atoms with van der Waals surface area (Å²) in [5.41, 5.74) is 1.34. The molecule has 122 valence electrons. The largest absolute Gasteiger partial charge is 0.348 e. The monoisotopic (exact) mass is 372 g/mol. The number of anilines is 1. The van der Waals surface area contributed by atoms with Crippen LogP contribution in [0.4, 0.5) is 5.69 Å². The highest BCUT2D eigenvalue weighted by Gasteiger charge is 2.12. The molecule has 23 heavy (non-hydrogen) atoms. The van der Waals surface area contributed by atoms with E-state index in [9.17, 15) is 13.2 Å². The van der Waals surface area contributed by atoms with E-state index in [1.54, 1.807) is 24.3 Å². The molecule has 5 nitrogen and oxygen atoms in total. The SMILES string of the molecule is CS(=O)(=O)Nc1ccc(Cl)c(C(=O)NCc2ccc(Cl)cc2)c1. The number of halogens is 2. The van der Waals surface area contributed by atoms with Gasteiger partial charge in [-0.15, -0.1) is 0 Å².